The predicted octanol–water partition coefficient (Wildman–Crippen LogP) is 4.77. The standard InChI is InChI=1S/C18H19NO3S2/c1-10-4-15(17(20)16(5-10)19(21)22)18-23-8-13-6-11(2)12(3)7-14(13)9-24-18/h4-7,18,20H,8-9H2,1-3H3/p-1. The molecule has 0 spiro atoms. The molecular formula is C18H18NO3S2-. The second kappa shape index (κ2) is 6.69. The summed E-state index contributed by atoms with van der Waals surface area (Å²) in [5.74, 6) is 1.18. The van der Waals surface area contributed by atoms with Crippen molar-refractivity contribution in [3.05, 3.63) is 67.8 Å². The van der Waals surface area contributed by atoms with Crippen molar-refractivity contribution in [3.63, 3.8) is 0 Å². The zero-order chi connectivity index (χ0) is 17.4. The summed E-state index contributed by atoms with van der Waals surface area (Å²) in [4.78, 5) is 10.5. The minimum absolute atomic E-state index is 0.0795. The van der Waals surface area contributed by atoms with Gasteiger partial charge in [0.15, 0.2) is 0 Å². The maximum Gasteiger partial charge on any atom is 0.262 e. The maximum absolute atomic E-state index is 12.5. The van der Waals surface area contributed by atoms with Gasteiger partial charge in [-0.15, -0.1) is 23.5 Å². The third-order valence-corrected chi connectivity index (χ3v) is 7.17. The van der Waals surface area contributed by atoms with Crippen LogP contribution < -0.4 is 5.11 Å². The first kappa shape index (κ1) is 17.2. The maximum atomic E-state index is 12.5. The molecule has 4 nitrogen and oxygen atoms in total. The monoisotopic (exact) mass is 360 g/mol. The van der Waals surface area contributed by atoms with Crippen LogP contribution in [0, 0.1) is 30.9 Å². The van der Waals surface area contributed by atoms with E-state index in [0.29, 0.717) is 5.56 Å². The molecule has 2 aromatic rings. The highest BCUT2D eigenvalue weighted by Crippen LogP contribution is 2.50. The van der Waals surface area contributed by atoms with E-state index in [-0.39, 0.29) is 10.3 Å². The van der Waals surface area contributed by atoms with E-state index in [2.05, 4.69) is 26.0 Å². The van der Waals surface area contributed by atoms with Crippen molar-refractivity contribution in [2.24, 2.45) is 0 Å². The number of nitro groups is 1. The van der Waals surface area contributed by atoms with Crippen LogP contribution in [0.25, 0.3) is 0 Å². The lowest BCUT2D eigenvalue weighted by molar-refractivity contribution is -0.398. The Morgan fingerprint density at radius 3 is 2.04 bits per heavy atom. The second-order valence-corrected chi connectivity index (χ2v) is 8.60. The lowest BCUT2D eigenvalue weighted by atomic mass is 10.0. The Balaban J connectivity index is 1.95. The van der Waals surface area contributed by atoms with E-state index in [9.17, 15) is 15.2 Å². The summed E-state index contributed by atoms with van der Waals surface area (Å²) in [7, 11) is 0. The zero-order valence-electron chi connectivity index (χ0n) is 13.8. The SMILES string of the molecule is Cc1cc(C2SCc3cc(C)c(C)cc3CS2)c([O-])c([N+](=O)[O-])c1. The van der Waals surface area contributed by atoms with Crippen molar-refractivity contribution in [2.75, 3.05) is 0 Å². The van der Waals surface area contributed by atoms with E-state index >= 15 is 0 Å². The van der Waals surface area contributed by atoms with Gasteiger partial charge in [-0.1, -0.05) is 18.2 Å². The molecular weight excluding hydrogens is 342 g/mol. The quantitative estimate of drug-likeness (QED) is 0.570. The Hall–Kier alpha value is -1.66. The van der Waals surface area contributed by atoms with Crippen molar-refractivity contribution < 1.29 is 10.0 Å². The van der Waals surface area contributed by atoms with Crippen LogP contribution in [0.3, 0.4) is 0 Å². The lowest BCUT2D eigenvalue weighted by Gasteiger charge is -2.21. The van der Waals surface area contributed by atoms with Gasteiger partial charge in [0, 0.05) is 17.6 Å². The molecule has 3 rings (SSSR count). The van der Waals surface area contributed by atoms with Gasteiger partial charge in [-0.2, -0.15) is 0 Å². The minimum Gasteiger partial charge on any atom is -0.868 e. The molecule has 1 heterocycles. The second-order valence-electron chi connectivity index (χ2n) is 6.12. The molecule has 0 N–H and O–H groups in total. The van der Waals surface area contributed by atoms with Gasteiger partial charge in [0.1, 0.15) is 0 Å². The van der Waals surface area contributed by atoms with Crippen LogP contribution in [0.1, 0.15) is 38.0 Å². The van der Waals surface area contributed by atoms with Gasteiger partial charge < -0.3 is 5.11 Å². The summed E-state index contributed by atoms with van der Waals surface area (Å²) < 4.78 is -0.0795. The van der Waals surface area contributed by atoms with Crippen LogP contribution >= 0.6 is 23.5 Å². The molecule has 0 aliphatic carbocycles. The summed E-state index contributed by atoms with van der Waals surface area (Å²) in [6.45, 7) is 6.01. The van der Waals surface area contributed by atoms with Crippen LogP contribution in [-0.2, 0) is 11.5 Å². The van der Waals surface area contributed by atoms with E-state index < -0.39 is 10.7 Å². The van der Waals surface area contributed by atoms with E-state index in [1.165, 1.54) is 28.3 Å². The predicted molar refractivity (Wildman–Crippen MR) is 98.5 cm³/mol. The number of fused-ring (bicyclic) bond motifs is 1. The number of nitro benzene ring substituents is 1. The largest absolute Gasteiger partial charge is 0.868 e. The number of benzene rings is 2. The number of hydrogen-bond donors (Lipinski definition) is 0. The van der Waals surface area contributed by atoms with E-state index in [0.717, 1.165) is 17.1 Å². The fourth-order valence-corrected chi connectivity index (χ4v) is 5.56. The van der Waals surface area contributed by atoms with Crippen molar-refractivity contribution in [2.45, 2.75) is 36.9 Å². The minimum atomic E-state index is -0.577. The molecule has 1 aliphatic rings. The summed E-state index contributed by atoms with van der Waals surface area (Å²) in [6, 6.07) is 7.60. The Morgan fingerprint density at radius 1 is 1.00 bits per heavy atom. The number of hydrogen-bond acceptors (Lipinski definition) is 5. The van der Waals surface area contributed by atoms with Crippen molar-refractivity contribution in [3.8, 4) is 5.75 Å². The van der Waals surface area contributed by atoms with Crippen LogP contribution in [0.5, 0.6) is 5.75 Å². The summed E-state index contributed by atoms with van der Waals surface area (Å²) in [5.41, 5.74) is 6.12. The fourth-order valence-electron chi connectivity index (χ4n) is 2.86. The molecule has 0 bridgehead atoms. The highest BCUT2D eigenvalue weighted by atomic mass is 32.2. The van der Waals surface area contributed by atoms with Gasteiger partial charge in [0.25, 0.3) is 5.69 Å². The number of aryl methyl sites for hydroxylation is 3. The smallest absolute Gasteiger partial charge is 0.262 e. The summed E-state index contributed by atoms with van der Waals surface area (Å²) >= 11 is 3.36. The highest BCUT2D eigenvalue weighted by Gasteiger charge is 2.23. The highest BCUT2D eigenvalue weighted by molar-refractivity contribution is 8.15. The average molecular weight is 360 g/mol. The van der Waals surface area contributed by atoms with E-state index in [4.69, 9.17) is 0 Å². The topological polar surface area (TPSA) is 66.2 Å². The molecule has 2 aromatic carbocycles. The normalized spacial score (nSPS) is 15.0. The molecule has 6 heteroatoms. The third kappa shape index (κ3) is 3.26. The summed E-state index contributed by atoms with van der Waals surface area (Å²) in [6.07, 6.45) is 0. The van der Waals surface area contributed by atoms with Crippen LogP contribution in [0.15, 0.2) is 24.3 Å². The lowest BCUT2D eigenvalue weighted by Crippen LogP contribution is -2.04. The summed E-state index contributed by atoms with van der Waals surface area (Å²) in [5, 5.41) is 23.6. The van der Waals surface area contributed by atoms with Crippen molar-refractivity contribution in [1.29, 1.82) is 0 Å². The number of thioether (sulfide) groups is 2. The average Bonchev–Trinajstić information content (AvgIpc) is 2.72. The van der Waals surface area contributed by atoms with E-state index in [1.807, 2.05) is 0 Å². The van der Waals surface area contributed by atoms with Gasteiger partial charge in [-0.25, -0.2) is 0 Å². The Bertz CT molecular complexity index is 787. The number of rotatable bonds is 2. The molecule has 0 atom stereocenters. The number of nitrogens with zero attached hydrogens (tertiary/aromatic N) is 1. The first-order chi connectivity index (χ1) is 11.4. The van der Waals surface area contributed by atoms with Crippen molar-refractivity contribution >= 4 is 29.2 Å². The fraction of sp³-hybridized carbons (Fsp3) is 0.333. The molecule has 0 radical (unpaired) electrons. The first-order valence-electron chi connectivity index (χ1n) is 7.65. The molecule has 0 saturated carbocycles. The molecule has 0 saturated heterocycles. The van der Waals surface area contributed by atoms with Gasteiger partial charge in [-0.05, 0) is 59.9 Å². The van der Waals surface area contributed by atoms with Gasteiger partial charge in [-0.3, -0.25) is 10.1 Å². The van der Waals surface area contributed by atoms with Crippen LogP contribution in [0.2, 0.25) is 0 Å². The van der Waals surface area contributed by atoms with Crippen LogP contribution in [-0.4, -0.2) is 4.92 Å². The van der Waals surface area contributed by atoms with Gasteiger partial charge in [0.05, 0.1) is 9.51 Å². The van der Waals surface area contributed by atoms with E-state index in [1.54, 1.807) is 36.5 Å². The molecule has 1 aliphatic heterocycles. The zero-order valence-corrected chi connectivity index (χ0v) is 15.4. The van der Waals surface area contributed by atoms with Gasteiger partial charge >= 0.3 is 0 Å². The molecule has 0 unspecified atom stereocenters. The third-order valence-electron chi connectivity index (χ3n) is 4.29. The molecule has 126 valence electrons. The Kier molecular flexibility index (Phi) is 4.78. The Labute approximate surface area is 149 Å². The van der Waals surface area contributed by atoms with Crippen LogP contribution in [0.4, 0.5) is 5.69 Å². The van der Waals surface area contributed by atoms with Crippen molar-refractivity contribution in [1.82, 2.24) is 0 Å². The molecule has 0 amide bonds. The first-order valence-corrected chi connectivity index (χ1v) is 9.74. The van der Waals surface area contributed by atoms with Gasteiger partial charge in [0.2, 0.25) is 0 Å². The Morgan fingerprint density at radius 2 is 1.54 bits per heavy atom. The molecule has 24 heavy (non-hydrogen) atoms. The molecule has 0 aromatic heterocycles. The molecule has 0 fully saturated rings.